The van der Waals surface area contributed by atoms with Crippen molar-refractivity contribution in [2.24, 2.45) is 0 Å². The highest BCUT2D eigenvalue weighted by Crippen LogP contribution is 2.20. The van der Waals surface area contributed by atoms with Crippen molar-refractivity contribution in [1.29, 1.82) is 0 Å². The Labute approximate surface area is 179 Å². The van der Waals surface area contributed by atoms with Gasteiger partial charge in [0.2, 0.25) is 5.91 Å². The van der Waals surface area contributed by atoms with Crippen LogP contribution in [-0.2, 0) is 4.79 Å². The van der Waals surface area contributed by atoms with Crippen molar-refractivity contribution in [1.82, 2.24) is 10.2 Å². The van der Waals surface area contributed by atoms with Crippen LogP contribution < -0.4 is 19.7 Å². The zero-order valence-electron chi connectivity index (χ0n) is 18.1. The maximum atomic E-state index is 12.3. The summed E-state index contributed by atoms with van der Waals surface area (Å²) in [5.74, 6) is 1.84. The summed E-state index contributed by atoms with van der Waals surface area (Å²) < 4.78 is 11.0. The van der Waals surface area contributed by atoms with E-state index in [2.05, 4.69) is 27.2 Å². The van der Waals surface area contributed by atoms with Gasteiger partial charge in [-0.2, -0.15) is 0 Å². The average Bonchev–Trinajstić information content (AvgIpc) is 2.99. The molecule has 6 nitrogen and oxygen atoms in total. The minimum atomic E-state index is 0.0865. The Hall–Kier alpha value is -2.73. The lowest BCUT2D eigenvalue weighted by atomic mass is 10.2. The van der Waals surface area contributed by atoms with E-state index in [4.69, 9.17) is 9.47 Å². The Morgan fingerprint density at radius 3 is 2.63 bits per heavy atom. The number of nitrogens with one attached hydrogen (secondary N) is 1. The summed E-state index contributed by atoms with van der Waals surface area (Å²) in [6.07, 6.45) is 1.84. The number of nitrogens with zero attached hydrogens (tertiary/aromatic N) is 2. The molecule has 1 heterocycles. The molecule has 1 N–H and O–H groups in total. The number of hydrogen-bond acceptors (Lipinski definition) is 5. The number of benzene rings is 2. The molecule has 0 unspecified atom stereocenters. The van der Waals surface area contributed by atoms with Gasteiger partial charge in [-0.3, -0.25) is 9.69 Å². The summed E-state index contributed by atoms with van der Waals surface area (Å²) in [7, 11) is 1.68. The molecule has 0 spiro atoms. The van der Waals surface area contributed by atoms with Crippen LogP contribution in [0.15, 0.2) is 48.5 Å². The number of carbonyl (C=O) groups excluding carboxylic acids is 1. The van der Waals surface area contributed by atoms with Crippen molar-refractivity contribution in [2.45, 2.75) is 19.8 Å². The summed E-state index contributed by atoms with van der Waals surface area (Å²) in [4.78, 5) is 16.9. The van der Waals surface area contributed by atoms with Gasteiger partial charge in [0.1, 0.15) is 11.5 Å². The Balaban J connectivity index is 1.33. The third-order valence-corrected chi connectivity index (χ3v) is 5.29. The first kappa shape index (κ1) is 22.0. The van der Waals surface area contributed by atoms with Crippen molar-refractivity contribution in [3.05, 3.63) is 54.1 Å². The van der Waals surface area contributed by atoms with E-state index in [9.17, 15) is 4.79 Å². The van der Waals surface area contributed by atoms with Gasteiger partial charge in [0.25, 0.3) is 0 Å². The van der Waals surface area contributed by atoms with Crippen LogP contribution in [-0.4, -0.2) is 63.8 Å². The Kier molecular flexibility index (Phi) is 8.39. The van der Waals surface area contributed by atoms with Crippen LogP contribution in [0, 0.1) is 6.92 Å². The summed E-state index contributed by atoms with van der Waals surface area (Å²) in [6, 6.07) is 16.2. The zero-order chi connectivity index (χ0) is 21.2. The fourth-order valence-corrected chi connectivity index (χ4v) is 3.63. The van der Waals surface area contributed by atoms with Crippen molar-refractivity contribution in [3.63, 3.8) is 0 Å². The Bertz CT molecular complexity index is 795. The highest BCUT2D eigenvalue weighted by Gasteiger charge is 2.17. The molecule has 0 aliphatic carbocycles. The molecule has 0 aromatic heterocycles. The van der Waals surface area contributed by atoms with E-state index in [1.807, 2.05) is 43.3 Å². The fourth-order valence-electron chi connectivity index (χ4n) is 3.63. The summed E-state index contributed by atoms with van der Waals surface area (Å²) in [6.45, 7) is 7.49. The van der Waals surface area contributed by atoms with Crippen molar-refractivity contribution >= 4 is 11.6 Å². The second-order valence-corrected chi connectivity index (χ2v) is 7.68. The quantitative estimate of drug-likeness (QED) is 0.643. The lowest BCUT2D eigenvalue weighted by molar-refractivity contribution is -0.122. The van der Waals surface area contributed by atoms with Gasteiger partial charge in [-0.15, -0.1) is 0 Å². The summed E-state index contributed by atoms with van der Waals surface area (Å²) in [5, 5.41) is 3.02. The van der Waals surface area contributed by atoms with Crippen molar-refractivity contribution in [2.75, 3.05) is 57.9 Å². The van der Waals surface area contributed by atoms with Gasteiger partial charge in [0.05, 0.1) is 20.3 Å². The summed E-state index contributed by atoms with van der Waals surface area (Å²) in [5.41, 5.74) is 2.39. The van der Waals surface area contributed by atoms with E-state index in [0.717, 1.165) is 50.5 Å². The monoisotopic (exact) mass is 411 g/mol. The number of aryl methyl sites for hydroxylation is 1. The van der Waals surface area contributed by atoms with Crippen LogP contribution >= 0.6 is 0 Å². The molecule has 2 aromatic carbocycles. The first-order valence-electron chi connectivity index (χ1n) is 10.7. The SMILES string of the molecule is COc1ccc(N2CCCN(CC(=O)NCCCOc3cccc(C)c3)CC2)cc1. The smallest absolute Gasteiger partial charge is 0.234 e. The topological polar surface area (TPSA) is 54.0 Å². The molecule has 1 saturated heterocycles. The van der Waals surface area contributed by atoms with Crippen molar-refractivity contribution < 1.29 is 14.3 Å². The van der Waals surface area contributed by atoms with Gasteiger partial charge in [0, 0.05) is 38.4 Å². The predicted molar refractivity (Wildman–Crippen MR) is 121 cm³/mol. The van der Waals surface area contributed by atoms with E-state index in [-0.39, 0.29) is 5.91 Å². The Morgan fingerprint density at radius 1 is 1.03 bits per heavy atom. The molecule has 30 heavy (non-hydrogen) atoms. The molecule has 0 atom stereocenters. The summed E-state index contributed by atoms with van der Waals surface area (Å²) >= 11 is 0. The van der Waals surface area contributed by atoms with Gasteiger partial charge in [-0.25, -0.2) is 0 Å². The predicted octanol–water partition coefficient (Wildman–Crippen LogP) is 3.10. The van der Waals surface area contributed by atoms with Crippen molar-refractivity contribution in [3.8, 4) is 11.5 Å². The molecule has 6 heteroatoms. The van der Waals surface area contributed by atoms with E-state index >= 15 is 0 Å². The standard InChI is InChI=1S/C24H33N3O3/c1-20-6-3-7-23(18-20)30-17-4-12-25-24(28)19-26-13-5-14-27(16-15-26)21-8-10-22(29-2)11-9-21/h3,6-11,18H,4-5,12-17,19H2,1-2H3,(H,25,28). The molecule has 0 saturated carbocycles. The molecule has 1 amide bonds. The maximum absolute atomic E-state index is 12.3. The molecule has 3 rings (SSSR count). The first-order chi connectivity index (χ1) is 14.6. The van der Waals surface area contributed by atoms with Crippen LogP contribution in [0.1, 0.15) is 18.4 Å². The third kappa shape index (κ3) is 6.95. The third-order valence-electron chi connectivity index (χ3n) is 5.29. The highest BCUT2D eigenvalue weighted by molar-refractivity contribution is 5.78. The lowest BCUT2D eigenvalue weighted by Crippen LogP contribution is -2.39. The molecule has 0 bridgehead atoms. The number of hydrogen-bond donors (Lipinski definition) is 1. The molecule has 2 aromatic rings. The second kappa shape index (κ2) is 11.5. The van der Waals surface area contributed by atoms with Gasteiger partial charge < -0.3 is 19.7 Å². The van der Waals surface area contributed by atoms with Gasteiger partial charge >= 0.3 is 0 Å². The maximum Gasteiger partial charge on any atom is 0.234 e. The van der Waals surface area contributed by atoms with E-state index in [1.54, 1.807) is 7.11 Å². The number of ether oxygens (including phenoxy) is 2. The fraction of sp³-hybridized carbons (Fsp3) is 0.458. The number of amides is 1. The minimum absolute atomic E-state index is 0.0865. The molecule has 1 fully saturated rings. The van der Waals surface area contributed by atoms with Gasteiger partial charge in [0.15, 0.2) is 0 Å². The van der Waals surface area contributed by atoms with Crippen LogP contribution in [0.2, 0.25) is 0 Å². The number of carbonyl (C=O) groups is 1. The van der Waals surface area contributed by atoms with Gasteiger partial charge in [-0.1, -0.05) is 12.1 Å². The average molecular weight is 412 g/mol. The molecular formula is C24H33N3O3. The van der Waals surface area contributed by atoms with E-state index in [1.165, 1.54) is 11.3 Å². The molecule has 1 aliphatic heterocycles. The highest BCUT2D eigenvalue weighted by atomic mass is 16.5. The van der Waals surface area contributed by atoms with Crippen LogP contribution in [0.5, 0.6) is 11.5 Å². The van der Waals surface area contributed by atoms with Crippen LogP contribution in [0.3, 0.4) is 0 Å². The second-order valence-electron chi connectivity index (χ2n) is 7.68. The van der Waals surface area contributed by atoms with E-state index < -0.39 is 0 Å². The molecule has 0 radical (unpaired) electrons. The van der Waals surface area contributed by atoms with E-state index in [0.29, 0.717) is 19.7 Å². The zero-order valence-corrected chi connectivity index (χ0v) is 18.1. The van der Waals surface area contributed by atoms with Gasteiger partial charge in [-0.05, 0) is 61.7 Å². The Morgan fingerprint density at radius 2 is 1.87 bits per heavy atom. The molecular weight excluding hydrogens is 378 g/mol. The normalized spacial score (nSPS) is 14.8. The molecule has 162 valence electrons. The van der Waals surface area contributed by atoms with Crippen LogP contribution in [0.4, 0.5) is 5.69 Å². The molecule has 1 aliphatic rings. The minimum Gasteiger partial charge on any atom is -0.497 e. The van der Waals surface area contributed by atoms with Crippen LogP contribution in [0.25, 0.3) is 0 Å². The first-order valence-corrected chi connectivity index (χ1v) is 10.7. The number of anilines is 1. The number of rotatable bonds is 9. The lowest BCUT2D eigenvalue weighted by Gasteiger charge is -2.23. The number of methoxy groups -OCH3 is 1. The largest absolute Gasteiger partial charge is 0.497 e.